The van der Waals surface area contributed by atoms with Crippen molar-refractivity contribution in [1.82, 2.24) is 9.97 Å². The zero-order chi connectivity index (χ0) is 12.5. The van der Waals surface area contributed by atoms with E-state index in [0.717, 1.165) is 28.8 Å². The zero-order valence-corrected chi connectivity index (χ0v) is 10.1. The Hall–Kier alpha value is -2.16. The number of H-pyrrole nitrogens is 1. The minimum atomic E-state index is -0.251. The van der Waals surface area contributed by atoms with Gasteiger partial charge in [-0.25, -0.2) is 9.37 Å². The number of imidazole rings is 1. The van der Waals surface area contributed by atoms with Gasteiger partial charge in [-0.15, -0.1) is 0 Å². The maximum absolute atomic E-state index is 13.1. The number of nitrogens with one attached hydrogen (secondary N) is 1. The van der Waals surface area contributed by atoms with Crippen molar-refractivity contribution in [3.8, 4) is 11.4 Å². The Morgan fingerprint density at radius 1 is 1.11 bits per heavy atom. The zero-order valence-electron chi connectivity index (χ0n) is 10.1. The first kappa shape index (κ1) is 11.0. The fourth-order valence-corrected chi connectivity index (χ4v) is 2.02. The lowest BCUT2D eigenvalue weighted by Crippen LogP contribution is -1.82. The average Bonchev–Trinajstić information content (AvgIpc) is 2.81. The summed E-state index contributed by atoms with van der Waals surface area (Å²) in [7, 11) is 0. The van der Waals surface area contributed by atoms with Crippen molar-refractivity contribution in [1.29, 1.82) is 0 Å². The molecule has 3 heteroatoms. The highest BCUT2D eigenvalue weighted by atomic mass is 19.1. The van der Waals surface area contributed by atoms with Crippen LogP contribution in [0.15, 0.2) is 42.5 Å². The van der Waals surface area contributed by atoms with Crippen molar-refractivity contribution >= 4 is 11.0 Å². The Morgan fingerprint density at radius 3 is 2.61 bits per heavy atom. The largest absolute Gasteiger partial charge is 0.338 e. The second-order valence-electron chi connectivity index (χ2n) is 4.30. The molecule has 1 aromatic heterocycles. The maximum Gasteiger partial charge on any atom is 0.138 e. The van der Waals surface area contributed by atoms with Gasteiger partial charge < -0.3 is 4.98 Å². The lowest BCUT2D eigenvalue weighted by Gasteiger charge is -1.98. The van der Waals surface area contributed by atoms with Gasteiger partial charge in [0.1, 0.15) is 11.6 Å². The van der Waals surface area contributed by atoms with Crippen molar-refractivity contribution < 1.29 is 4.39 Å². The molecule has 0 aliphatic rings. The van der Waals surface area contributed by atoms with Crippen LogP contribution in [0, 0.1) is 5.82 Å². The van der Waals surface area contributed by atoms with Gasteiger partial charge >= 0.3 is 0 Å². The van der Waals surface area contributed by atoms with Crippen LogP contribution < -0.4 is 0 Å². The van der Waals surface area contributed by atoms with Gasteiger partial charge in [-0.2, -0.15) is 0 Å². The fraction of sp³-hybridized carbons (Fsp3) is 0.133. The summed E-state index contributed by atoms with van der Waals surface area (Å²) in [6.45, 7) is 2.12. The first-order valence-corrected chi connectivity index (χ1v) is 6.01. The summed E-state index contributed by atoms with van der Waals surface area (Å²) in [6, 6.07) is 12.8. The van der Waals surface area contributed by atoms with E-state index in [1.165, 1.54) is 17.7 Å². The quantitative estimate of drug-likeness (QED) is 0.722. The normalized spacial score (nSPS) is 11.0. The van der Waals surface area contributed by atoms with E-state index in [9.17, 15) is 4.39 Å². The molecule has 0 saturated carbocycles. The van der Waals surface area contributed by atoms with E-state index in [0.29, 0.717) is 0 Å². The van der Waals surface area contributed by atoms with Crippen molar-refractivity contribution in [2.75, 3.05) is 0 Å². The van der Waals surface area contributed by atoms with Gasteiger partial charge in [0.05, 0.1) is 11.0 Å². The molecule has 0 amide bonds. The number of aryl methyl sites for hydroxylation is 1. The van der Waals surface area contributed by atoms with E-state index in [2.05, 4.69) is 29.0 Å². The highest BCUT2D eigenvalue weighted by molar-refractivity contribution is 5.79. The summed E-state index contributed by atoms with van der Waals surface area (Å²) in [5, 5.41) is 0. The number of aromatic nitrogens is 2. The Balaban J connectivity index is 2.07. The highest BCUT2D eigenvalue weighted by Crippen LogP contribution is 2.21. The van der Waals surface area contributed by atoms with Crippen LogP contribution >= 0.6 is 0 Å². The second-order valence-corrected chi connectivity index (χ2v) is 4.30. The predicted octanol–water partition coefficient (Wildman–Crippen LogP) is 3.93. The fourth-order valence-electron chi connectivity index (χ4n) is 2.02. The van der Waals surface area contributed by atoms with Gasteiger partial charge in [-0.1, -0.05) is 31.2 Å². The lowest BCUT2D eigenvalue weighted by molar-refractivity contribution is 0.629. The summed E-state index contributed by atoms with van der Waals surface area (Å²) in [6.07, 6.45) is 1.02. The molecule has 0 aliphatic carbocycles. The van der Waals surface area contributed by atoms with Crippen LogP contribution in [-0.4, -0.2) is 9.97 Å². The van der Waals surface area contributed by atoms with Crippen LogP contribution in [0.3, 0.4) is 0 Å². The molecule has 0 saturated heterocycles. The number of hydrogen-bond acceptors (Lipinski definition) is 1. The van der Waals surface area contributed by atoms with Crippen LogP contribution in [0.4, 0.5) is 4.39 Å². The van der Waals surface area contributed by atoms with E-state index in [1.54, 1.807) is 6.07 Å². The van der Waals surface area contributed by atoms with Crippen molar-refractivity contribution in [3.63, 3.8) is 0 Å². The summed E-state index contributed by atoms with van der Waals surface area (Å²) < 4.78 is 13.1. The van der Waals surface area contributed by atoms with Crippen LogP contribution in [0.2, 0.25) is 0 Å². The van der Waals surface area contributed by atoms with E-state index in [-0.39, 0.29) is 5.82 Å². The van der Waals surface area contributed by atoms with Crippen molar-refractivity contribution in [2.45, 2.75) is 13.3 Å². The average molecular weight is 240 g/mol. The standard InChI is InChI=1S/C15H13FN2/c1-2-10-3-5-11(6-4-10)15-17-13-8-7-12(16)9-14(13)18-15/h3-9H,2H2,1H3,(H,17,18). The molecule has 90 valence electrons. The van der Waals surface area contributed by atoms with Crippen LogP contribution in [-0.2, 0) is 6.42 Å². The Bertz CT molecular complexity index is 683. The van der Waals surface area contributed by atoms with Gasteiger partial charge in [0.25, 0.3) is 0 Å². The first-order chi connectivity index (χ1) is 8.76. The lowest BCUT2D eigenvalue weighted by atomic mass is 10.1. The molecule has 2 aromatic carbocycles. The van der Waals surface area contributed by atoms with E-state index < -0.39 is 0 Å². The molecule has 0 radical (unpaired) electrons. The minimum Gasteiger partial charge on any atom is -0.338 e. The predicted molar refractivity (Wildman–Crippen MR) is 70.9 cm³/mol. The first-order valence-electron chi connectivity index (χ1n) is 6.01. The molecule has 0 spiro atoms. The number of fused-ring (bicyclic) bond motifs is 1. The van der Waals surface area contributed by atoms with E-state index >= 15 is 0 Å². The van der Waals surface area contributed by atoms with Gasteiger partial charge in [-0.05, 0) is 30.2 Å². The second kappa shape index (κ2) is 4.26. The molecular formula is C15H13FN2. The number of nitrogens with zero attached hydrogens (tertiary/aromatic N) is 1. The Labute approximate surface area is 104 Å². The van der Waals surface area contributed by atoms with Gasteiger partial charge in [-0.3, -0.25) is 0 Å². The SMILES string of the molecule is CCc1ccc(-c2nc3ccc(F)cc3[nH]2)cc1. The third-order valence-corrected chi connectivity index (χ3v) is 3.08. The molecule has 2 nitrogen and oxygen atoms in total. The summed E-state index contributed by atoms with van der Waals surface area (Å²) >= 11 is 0. The number of aromatic amines is 1. The summed E-state index contributed by atoms with van der Waals surface area (Å²) in [4.78, 5) is 7.60. The maximum atomic E-state index is 13.1. The highest BCUT2D eigenvalue weighted by Gasteiger charge is 2.05. The van der Waals surface area contributed by atoms with Gasteiger partial charge in [0.2, 0.25) is 0 Å². The van der Waals surface area contributed by atoms with Crippen LogP contribution in [0.1, 0.15) is 12.5 Å². The summed E-state index contributed by atoms with van der Waals surface area (Å²) in [5.41, 5.74) is 3.82. The molecule has 0 atom stereocenters. The molecule has 3 aromatic rings. The Morgan fingerprint density at radius 2 is 1.89 bits per heavy atom. The number of benzene rings is 2. The number of rotatable bonds is 2. The van der Waals surface area contributed by atoms with Crippen LogP contribution in [0.25, 0.3) is 22.4 Å². The molecular weight excluding hydrogens is 227 g/mol. The number of hydrogen-bond donors (Lipinski definition) is 1. The van der Waals surface area contributed by atoms with Crippen LogP contribution in [0.5, 0.6) is 0 Å². The smallest absolute Gasteiger partial charge is 0.138 e. The Kier molecular flexibility index (Phi) is 2.59. The monoisotopic (exact) mass is 240 g/mol. The van der Waals surface area contributed by atoms with E-state index in [4.69, 9.17) is 0 Å². The third kappa shape index (κ3) is 1.88. The van der Waals surface area contributed by atoms with Gasteiger partial charge in [0.15, 0.2) is 0 Å². The third-order valence-electron chi connectivity index (χ3n) is 3.08. The molecule has 0 fully saturated rings. The molecule has 0 bridgehead atoms. The number of halogens is 1. The molecule has 0 aliphatic heterocycles. The van der Waals surface area contributed by atoms with E-state index in [1.807, 2.05) is 12.1 Å². The van der Waals surface area contributed by atoms with Crippen molar-refractivity contribution in [3.05, 3.63) is 53.8 Å². The topological polar surface area (TPSA) is 28.7 Å². The van der Waals surface area contributed by atoms with Crippen molar-refractivity contribution in [2.24, 2.45) is 0 Å². The molecule has 18 heavy (non-hydrogen) atoms. The molecule has 1 heterocycles. The molecule has 3 rings (SSSR count). The minimum absolute atomic E-state index is 0.251. The van der Waals surface area contributed by atoms with Gasteiger partial charge in [0, 0.05) is 5.56 Å². The summed E-state index contributed by atoms with van der Waals surface area (Å²) in [5.74, 6) is 0.525. The molecule has 0 unspecified atom stereocenters. The molecule has 1 N–H and O–H groups in total.